The van der Waals surface area contributed by atoms with Crippen LogP contribution in [0.3, 0.4) is 0 Å². The minimum Gasteiger partial charge on any atom is -0.465 e. The second-order valence-corrected chi connectivity index (χ2v) is 14.7. The minimum absolute atomic E-state index is 0.00190. The van der Waals surface area contributed by atoms with Gasteiger partial charge in [0, 0.05) is 23.0 Å². The lowest BCUT2D eigenvalue weighted by molar-refractivity contribution is -0.153. The summed E-state index contributed by atoms with van der Waals surface area (Å²) in [5, 5.41) is 9.61. The zero-order valence-electron chi connectivity index (χ0n) is 29.4. The summed E-state index contributed by atoms with van der Waals surface area (Å²) in [6, 6.07) is 4.45. The lowest BCUT2D eigenvalue weighted by atomic mass is 9.96. The highest BCUT2D eigenvalue weighted by molar-refractivity contribution is 8.24. The molecule has 0 spiro atoms. The van der Waals surface area contributed by atoms with E-state index < -0.39 is 52.6 Å². The van der Waals surface area contributed by atoms with Crippen LogP contribution in [0, 0.1) is 22.2 Å². The average molecular weight is 762 g/mol. The Kier molecular flexibility index (Phi) is 16.6. The predicted molar refractivity (Wildman–Crippen MR) is 184 cm³/mol. The second kappa shape index (κ2) is 20.1. The quantitative estimate of drug-likeness (QED) is 0.0612. The molecule has 0 aromatic heterocycles. The zero-order chi connectivity index (χ0) is 39.1. The summed E-state index contributed by atoms with van der Waals surface area (Å²) < 4.78 is 36.3. The average Bonchev–Trinajstić information content (AvgIpc) is 3.56. The Hall–Kier alpha value is -5.08. The van der Waals surface area contributed by atoms with Crippen molar-refractivity contribution in [1.82, 2.24) is 0 Å². The molecule has 1 aromatic carbocycles. The molecule has 0 amide bonds. The van der Waals surface area contributed by atoms with Crippen molar-refractivity contribution in [3.63, 3.8) is 0 Å². The molecule has 1 aliphatic heterocycles. The number of hydrogen-bond donors (Lipinski definition) is 0. The third-order valence-corrected chi connectivity index (χ3v) is 9.07. The van der Waals surface area contributed by atoms with Gasteiger partial charge < -0.3 is 33.2 Å². The molecule has 0 N–H and O–H groups in total. The molecule has 2 rings (SSSR count). The van der Waals surface area contributed by atoms with Crippen LogP contribution >= 0.6 is 23.5 Å². The lowest BCUT2D eigenvalue weighted by Gasteiger charge is -2.23. The molecule has 0 atom stereocenters. The minimum atomic E-state index is -0.913. The maximum atomic E-state index is 12.8. The standard InChI is InChI=1S/C35H39NO14S2/c1-8-24(37)45-17-34(3,4)19-47-26(39)12-14-28(41)49-22-10-11-23(31-30(22)51-33(52-31)21(16-36)32(43)44-7)50-29(42)15-13-27(40)48-20-35(5,6)18-46-25(38)9-2/h8-11H,1-2,12-15,17-20H2,3-7H3. The van der Waals surface area contributed by atoms with Crippen molar-refractivity contribution in [1.29, 1.82) is 5.26 Å². The molecule has 52 heavy (non-hydrogen) atoms. The highest BCUT2D eigenvalue weighted by Gasteiger charge is 2.32. The van der Waals surface area contributed by atoms with Crippen LogP contribution in [0.2, 0.25) is 0 Å². The second-order valence-electron chi connectivity index (χ2n) is 12.4. The van der Waals surface area contributed by atoms with E-state index in [-0.39, 0.29) is 83.2 Å². The summed E-state index contributed by atoms with van der Waals surface area (Å²) >= 11 is 1.81. The van der Waals surface area contributed by atoms with E-state index in [1.807, 2.05) is 0 Å². The molecule has 280 valence electrons. The number of methoxy groups -OCH3 is 1. The predicted octanol–water partition coefficient (Wildman–Crippen LogP) is 4.76. The van der Waals surface area contributed by atoms with Gasteiger partial charge in [-0.15, -0.1) is 0 Å². The number of nitrogens with zero attached hydrogens (tertiary/aromatic N) is 1. The van der Waals surface area contributed by atoms with Gasteiger partial charge in [-0.1, -0.05) is 64.4 Å². The van der Waals surface area contributed by atoms with Crippen LogP contribution in [-0.2, 0) is 57.2 Å². The van der Waals surface area contributed by atoms with E-state index in [0.717, 1.165) is 42.8 Å². The van der Waals surface area contributed by atoms with Gasteiger partial charge in [0.05, 0.1) is 73.2 Å². The monoisotopic (exact) mass is 761 g/mol. The van der Waals surface area contributed by atoms with Crippen LogP contribution in [0.15, 0.2) is 57.0 Å². The Morgan fingerprint density at radius 3 is 1.38 bits per heavy atom. The molecule has 0 fully saturated rings. The van der Waals surface area contributed by atoms with Gasteiger partial charge in [0.2, 0.25) is 0 Å². The van der Waals surface area contributed by atoms with Crippen LogP contribution in [0.4, 0.5) is 0 Å². The van der Waals surface area contributed by atoms with Crippen LogP contribution in [-0.4, -0.2) is 75.3 Å². The molecule has 1 aliphatic rings. The van der Waals surface area contributed by atoms with Crippen molar-refractivity contribution in [2.75, 3.05) is 33.5 Å². The molecular weight excluding hydrogens is 723 g/mol. The maximum absolute atomic E-state index is 12.8. The van der Waals surface area contributed by atoms with Gasteiger partial charge in [0.15, 0.2) is 5.57 Å². The molecule has 0 bridgehead atoms. The first-order valence-electron chi connectivity index (χ1n) is 15.5. The first-order valence-corrected chi connectivity index (χ1v) is 17.1. The van der Waals surface area contributed by atoms with E-state index in [9.17, 15) is 38.8 Å². The number of esters is 7. The van der Waals surface area contributed by atoms with Gasteiger partial charge in [0.25, 0.3) is 0 Å². The number of rotatable bonds is 19. The summed E-state index contributed by atoms with van der Waals surface area (Å²) in [4.78, 5) is 85.5. The number of nitriles is 1. The van der Waals surface area contributed by atoms with E-state index in [4.69, 9.17) is 33.2 Å². The lowest BCUT2D eigenvalue weighted by Crippen LogP contribution is -2.28. The number of thioether (sulfide) groups is 2. The Morgan fingerprint density at radius 2 is 1.04 bits per heavy atom. The highest BCUT2D eigenvalue weighted by Crippen LogP contribution is 2.59. The van der Waals surface area contributed by atoms with E-state index in [0.29, 0.717) is 0 Å². The summed E-state index contributed by atoms with van der Waals surface area (Å²) in [7, 11) is 1.10. The third kappa shape index (κ3) is 14.3. The molecular formula is C35H39NO14S2. The van der Waals surface area contributed by atoms with Gasteiger partial charge in [-0.2, -0.15) is 5.26 Å². The van der Waals surface area contributed by atoms with Crippen LogP contribution < -0.4 is 9.47 Å². The van der Waals surface area contributed by atoms with Gasteiger partial charge in [-0.3, -0.25) is 19.2 Å². The van der Waals surface area contributed by atoms with Crippen molar-refractivity contribution >= 4 is 65.3 Å². The van der Waals surface area contributed by atoms with Crippen molar-refractivity contribution in [3.8, 4) is 17.6 Å². The van der Waals surface area contributed by atoms with Crippen LogP contribution in [0.25, 0.3) is 0 Å². The summed E-state index contributed by atoms with van der Waals surface area (Å²) in [6.45, 7) is 13.3. The smallest absolute Gasteiger partial charge is 0.350 e. The number of carbonyl (C=O) groups is 7. The molecule has 15 nitrogen and oxygen atoms in total. The molecule has 17 heteroatoms. The first-order chi connectivity index (χ1) is 24.4. The number of benzene rings is 1. The normalized spacial score (nSPS) is 11.9. The van der Waals surface area contributed by atoms with E-state index in [2.05, 4.69) is 13.2 Å². The SMILES string of the molecule is C=CC(=O)OCC(C)(C)COC(=O)CCC(=O)Oc1ccc(OC(=O)CCC(=O)OCC(C)(C)COC(=O)C=C)c2c1SC(=C(C#N)C(=O)OC)S2. The Labute approximate surface area is 309 Å². The fraction of sp³-hybridized carbons (Fsp3) is 0.429. The van der Waals surface area contributed by atoms with Crippen molar-refractivity contribution in [3.05, 3.63) is 47.3 Å². The van der Waals surface area contributed by atoms with Gasteiger partial charge in [0.1, 0.15) is 17.6 Å². The topological polar surface area (TPSA) is 208 Å². The molecule has 0 saturated heterocycles. The summed E-state index contributed by atoms with van der Waals surface area (Å²) in [6.07, 6.45) is 0.651. The van der Waals surface area contributed by atoms with Crippen LogP contribution in [0.5, 0.6) is 11.5 Å². The molecule has 1 heterocycles. The third-order valence-electron chi connectivity index (χ3n) is 6.44. The van der Waals surface area contributed by atoms with Crippen molar-refractivity contribution in [2.24, 2.45) is 10.8 Å². The van der Waals surface area contributed by atoms with E-state index >= 15 is 0 Å². The molecule has 0 saturated carbocycles. The molecule has 0 unspecified atom stereocenters. The first kappa shape index (κ1) is 43.1. The number of carbonyl (C=O) groups excluding carboxylic acids is 7. The van der Waals surface area contributed by atoms with E-state index in [1.54, 1.807) is 33.8 Å². The zero-order valence-corrected chi connectivity index (χ0v) is 31.0. The van der Waals surface area contributed by atoms with Gasteiger partial charge in [-0.05, 0) is 12.1 Å². The highest BCUT2D eigenvalue weighted by atomic mass is 32.2. The fourth-order valence-electron chi connectivity index (χ4n) is 3.65. The van der Waals surface area contributed by atoms with Gasteiger partial charge >= 0.3 is 41.8 Å². The molecule has 1 aromatic rings. The summed E-state index contributed by atoms with van der Waals surface area (Å²) in [5.74, 6) is -5.15. The van der Waals surface area contributed by atoms with Crippen molar-refractivity contribution < 1.29 is 66.7 Å². The van der Waals surface area contributed by atoms with Gasteiger partial charge in [-0.25, -0.2) is 14.4 Å². The van der Waals surface area contributed by atoms with E-state index in [1.165, 1.54) is 12.1 Å². The van der Waals surface area contributed by atoms with Crippen LogP contribution in [0.1, 0.15) is 53.4 Å². The number of ether oxygens (including phenoxy) is 7. The van der Waals surface area contributed by atoms with Crippen molar-refractivity contribution in [2.45, 2.75) is 63.2 Å². The Morgan fingerprint density at radius 1 is 0.673 bits per heavy atom. The maximum Gasteiger partial charge on any atom is 0.350 e. The Balaban J connectivity index is 2.09. The number of fused-ring (bicyclic) bond motifs is 1. The summed E-state index contributed by atoms with van der Waals surface area (Å²) in [5.41, 5.74) is -1.73. The molecule has 0 radical (unpaired) electrons. The fourth-order valence-corrected chi connectivity index (χ4v) is 6.21. The Bertz CT molecular complexity index is 1570. The molecule has 0 aliphatic carbocycles. The largest absolute Gasteiger partial charge is 0.465 e. The number of hydrogen-bond acceptors (Lipinski definition) is 17.